The molecule has 148 valence electrons. The Kier molecular flexibility index (Phi) is 5.49. The van der Waals surface area contributed by atoms with Gasteiger partial charge in [-0.3, -0.25) is 10.3 Å². The predicted molar refractivity (Wildman–Crippen MR) is 114 cm³/mol. The van der Waals surface area contributed by atoms with Crippen LogP contribution >= 0.6 is 0 Å². The Morgan fingerprint density at radius 2 is 1.69 bits per heavy atom. The van der Waals surface area contributed by atoms with Crippen molar-refractivity contribution >= 4 is 5.71 Å². The van der Waals surface area contributed by atoms with Crippen LogP contribution in [0.15, 0.2) is 77.8 Å². The second kappa shape index (κ2) is 8.37. The molecule has 0 radical (unpaired) electrons. The lowest BCUT2D eigenvalue weighted by atomic mass is 9.93. The largest absolute Gasteiger partial charge is 0.507 e. The van der Waals surface area contributed by atoms with Crippen molar-refractivity contribution in [3.8, 4) is 17.2 Å². The highest BCUT2D eigenvalue weighted by Gasteiger charge is 2.29. The Bertz CT molecular complexity index is 1020. The molecule has 0 unspecified atom stereocenters. The van der Waals surface area contributed by atoms with Gasteiger partial charge in [0.25, 0.3) is 0 Å². The number of nitrogens with zero attached hydrogens (tertiary/aromatic N) is 1. The van der Waals surface area contributed by atoms with Crippen LogP contribution in [0, 0.1) is 0 Å². The van der Waals surface area contributed by atoms with Crippen LogP contribution in [-0.4, -0.2) is 25.0 Å². The molecule has 0 spiro atoms. The first-order valence-electron chi connectivity index (χ1n) is 9.57. The van der Waals surface area contributed by atoms with E-state index in [-0.39, 0.29) is 18.0 Å². The lowest BCUT2D eigenvalue weighted by Crippen LogP contribution is -2.33. The molecular formula is C24H24N2O3. The lowest BCUT2D eigenvalue weighted by molar-refractivity contribution is 0.378. The van der Waals surface area contributed by atoms with Crippen LogP contribution in [0.5, 0.6) is 17.2 Å². The predicted octanol–water partition coefficient (Wildman–Crippen LogP) is 4.63. The topological polar surface area (TPSA) is 63.1 Å². The van der Waals surface area contributed by atoms with Gasteiger partial charge in [-0.15, -0.1) is 0 Å². The van der Waals surface area contributed by atoms with Crippen molar-refractivity contribution in [3.63, 3.8) is 0 Å². The highest BCUT2D eigenvalue weighted by molar-refractivity contribution is 6.03. The third-order valence-corrected chi connectivity index (χ3v) is 5.18. The molecule has 1 aliphatic heterocycles. The quantitative estimate of drug-likeness (QED) is 0.669. The SMILES string of the molecule is COc1ccc(OC)c([C@@H]2CC(c3ccccc3O)=N[C@@H](c3ccccc3)N2)c1. The summed E-state index contributed by atoms with van der Waals surface area (Å²) in [7, 11) is 3.32. The Morgan fingerprint density at radius 3 is 2.41 bits per heavy atom. The van der Waals surface area contributed by atoms with E-state index in [9.17, 15) is 5.11 Å². The second-order valence-corrected chi connectivity index (χ2v) is 6.94. The number of methoxy groups -OCH3 is 2. The molecule has 2 N–H and O–H groups in total. The van der Waals surface area contributed by atoms with E-state index in [0.717, 1.165) is 33.9 Å². The molecule has 3 aromatic carbocycles. The van der Waals surface area contributed by atoms with Gasteiger partial charge in [-0.25, -0.2) is 0 Å². The average Bonchev–Trinajstić information content (AvgIpc) is 2.79. The molecular weight excluding hydrogens is 364 g/mol. The number of ether oxygens (including phenoxy) is 2. The van der Waals surface area contributed by atoms with Gasteiger partial charge in [0, 0.05) is 23.6 Å². The first-order valence-corrected chi connectivity index (χ1v) is 9.57. The Morgan fingerprint density at radius 1 is 0.931 bits per heavy atom. The van der Waals surface area contributed by atoms with Crippen molar-refractivity contribution in [1.29, 1.82) is 0 Å². The molecule has 0 saturated heterocycles. The molecule has 0 fully saturated rings. The first kappa shape index (κ1) is 19.0. The molecule has 5 nitrogen and oxygen atoms in total. The molecule has 29 heavy (non-hydrogen) atoms. The Balaban J connectivity index is 1.79. The zero-order valence-electron chi connectivity index (χ0n) is 16.5. The molecule has 0 aliphatic carbocycles. The molecule has 3 aromatic rings. The van der Waals surface area contributed by atoms with Gasteiger partial charge in [0.2, 0.25) is 0 Å². The van der Waals surface area contributed by atoms with Crippen LogP contribution in [0.1, 0.15) is 35.3 Å². The highest BCUT2D eigenvalue weighted by Crippen LogP contribution is 2.37. The number of hydrogen-bond acceptors (Lipinski definition) is 5. The maximum absolute atomic E-state index is 10.4. The summed E-state index contributed by atoms with van der Waals surface area (Å²) >= 11 is 0. The normalized spacial score (nSPS) is 18.8. The standard InChI is InChI=1S/C24H24N2O3/c1-28-17-12-13-23(29-2)19(14-17)21-15-20(18-10-6-7-11-22(18)27)25-24(26-21)16-8-4-3-5-9-16/h3-14,21,24,26-27H,15H2,1-2H3/t21-,24+/m0/s1. The zero-order chi connectivity index (χ0) is 20.2. The molecule has 0 bridgehead atoms. The van der Waals surface area contributed by atoms with E-state index in [0.29, 0.717) is 6.42 Å². The van der Waals surface area contributed by atoms with Crippen LogP contribution in [0.4, 0.5) is 0 Å². The summed E-state index contributed by atoms with van der Waals surface area (Å²) in [6.07, 6.45) is 0.380. The van der Waals surface area contributed by atoms with Crippen LogP contribution in [0.2, 0.25) is 0 Å². The molecule has 1 aliphatic rings. The Labute approximate surface area is 170 Å². The number of aromatic hydroxyl groups is 1. The molecule has 1 heterocycles. The number of phenolic OH excluding ortho intramolecular Hbond substituents is 1. The van der Waals surface area contributed by atoms with Crippen molar-refractivity contribution in [3.05, 3.63) is 89.5 Å². The van der Waals surface area contributed by atoms with Crippen LogP contribution in [0.25, 0.3) is 0 Å². The monoisotopic (exact) mass is 388 g/mol. The van der Waals surface area contributed by atoms with E-state index in [1.807, 2.05) is 54.6 Å². The van der Waals surface area contributed by atoms with Gasteiger partial charge in [0.05, 0.1) is 19.9 Å². The molecule has 0 saturated carbocycles. The van der Waals surface area contributed by atoms with E-state index in [2.05, 4.69) is 17.4 Å². The van der Waals surface area contributed by atoms with Gasteiger partial charge >= 0.3 is 0 Å². The van der Waals surface area contributed by atoms with Gasteiger partial charge in [0.15, 0.2) is 0 Å². The minimum atomic E-state index is -0.236. The van der Waals surface area contributed by atoms with Crippen LogP contribution < -0.4 is 14.8 Å². The van der Waals surface area contributed by atoms with Crippen LogP contribution in [-0.2, 0) is 0 Å². The molecule has 5 heteroatoms. The van der Waals surface area contributed by atoms with Crippen LogP contribution in [0.3, 0.4) is 0 Å². The van der Waals surface area contributed by atoms with E-state index in [4.69, 9.17) is 14.5 Å². The third-order valence-electron chi connectivity index (χ3n) is 5.18. The summed E-state index contributed by atoms with van der Waals surface area (Å²) < 4.78 is 11.1. The summed E-state index contributed by atoms with van der Waals surface area (Å²) in [4.78, 5) is 4.93. The molecule has 2 atom stereocenters. The lowest BCUT2D eigenvalue weighted by Gasteiger charge is -2.31. The van der Waals surface area contributed by atoms with Gasteiger partial charge in [-0.05, 0) is 35.9 Å². The average molecular weight is 388 g/mol. The fourth-order valence-electron chi connectivity index (χ4n) is 3.70. The maximum atomic E-state index is 10.4. The van der Waals surface area contributed by atoms with Crippen molar-refractivity contribution in [2.24, 2.45) is 4.99 Å². The van der Waals surface area contributed by atoms with Gasteiger partial charge in [-0.2, -0.15) is 0 Å². The first-order chi connectivity index (χ1) is 14.2. The van der Waals surface area contributed by atoms with E-state index in [1.54, 1.807) is 20.3 Å². The van der Waals surface area contributed by atoms with Crippen molar-refractivity contribution in [2.75, 3.05) is 14.2 Å². The van der Waals surface area contributed by atoms with Gasteiger partial charge in [-0.1, -0.05) is 42.5 Å². The minimum absolute atomic E-state index is 0.0580. The van der Waals surface area contributed by atoms with Crippen molar-refractivity contribution in [2.45, 2.75) is 18.6 Å². The fourth-order valence-corrected chi connectivity index (χ4v) is 3.70. The van der Waals surface area contributed by atoms with E-state index >= 15 is 0 Å². The number of hydrogen-bond donors (Lipinski definition) is 2. The summed E-state index contributed by atoms with van der Waals surface area (Å²) in [5, 5.41) is 14.0. The smallest absolute Gasteiger partial charge is 0.126 e. The van der Waals surface area contributed by atoms with E-state index in [1.165, 1.54) is 0 Å². The molecule has 4 rings (SSSR count). The molecule has 0 aromatic heterocycles. The number of benzene rings is 3. The van der Waals surface area contributed by atoms with Crippen molar-refractivity contribution < 1.29 is 14.6 Å². The second-order valence-electron chi connectivity index (χ2n) is 6.94. The van der Waals surface area contributed by atoms with Crippen molar-refractivity contribution in [1.82, 2.24) is 5.32 Å². The number of aliphatic imine (C=N–C) groups is 1. The molecule has 0 amide bonds. The summed E-state index contributed by atoms with van der Waals surface area (Å²) in [6.45, 7) is 0. The fraction of sp³-hybridized carbons (Fsp3) is 0.208. The van der Waals surface area contributed by atoms with Gasteiger partial charge in [0.1, 0.15) is 23.4 Å². The summed E-state index contributed by atoms with van der Waals surface area (Å²) in [6, 6.07) is 23.2. The number of nitrogens with one attached hydrogen (secondary N) is 1. The van der Waals surface area contributed by atoms with Gasteiger partial charge < -0.3 is 14.6 Å². The number of phenols is 1. The maximum Gasteiger partial charge on any atom is 0.126 e. The Hall–Kier alpha value is -3.31. The minimum Gasteiger partial charge on any atom is -0.507 e. The number of rotatable bonds is 5. The summed E-state index contributed by atoms with van der Waals surface area (Å²) in [5.74, 6) is 1.79. The zero-order valence-corrected chi connectivity index (χ0v) is 16.5. The highest BCUT2D eigenvalue weighted by atomic mass is 16.5. The van der Waals surface area contributed by atoms with E-state index < -0.39 is 0 Å². The number of para-hydroxylation sites is 1. The summed E-state index contributed by atoms with van der Waals surface area (Å²) in [5.41, 5.74) is 3.66. The third kappa shape index (κ3) is 3.96.